The van der Waals surface area contributed by atoms with Gasteiger partial charge in [-0.15, -0.1) is 11.6 Å². The van der Waals surface area contributed by atoms with Crippen LogP contribution >= 0.6 is 11.6 Å². The standard InChI is InChI=1S/C13H17ClN2O/c1-10-9-11(5-7-15-10)13(17)16(8-6-14)12-3-2-4-12/h5,7,9,12H,2-4,6,8H2,1H3. The van der Waals surface area contributed by atoms with E-state index in [1.54, 1.807) is 12.3 Å². The van der Waals surface area contributed by atoms with Crippen molar-refractivity contribution in [2.45, 2.75) is 32.2 Å². The van der Waals surface area contributed by atoms with Crippen LogP contribution in [0.4, 0.5) is 0 Å². The molecule has 1 saturated carbocycles. The number of nitrogens with zero attached hydrogens (tertiary/aromatic N) is 2. The Labute approximate surface area is 107 Å². The zero-order valence-electron chi connectivity index (χ0n) is 10.0. The van der Waals surface area contributed by atoms with Gasteiger partial charge in [0.1, 0.15) is 0 Å². The largest absolute Gasteiger partial charge is 0.334 e. The van der Waals surface area contributed by atoms with Crippen LogP contribution in [0.5, 0.6) is 0 Å². The summed E-state index contributed by atoms with van der Waals surface area (Å²) in [5.41, 5.74) is 1.59. The Kier molecular flexibility index (Phi) is 4.00. The van der Waals surface area contributed by atoms with Crippen molar-refractivity contribution in [3.63, 3.8) is 0 Å². The predicted molar refractivity (Wildman–Crippen MR) is 68.4 cm³/mol. The molecule has 3 nitrogen and oxygen atoms in total. The Hall–Kier alpha value is -1.09. The Morgan fingerprint density at radius 3 is 2.88 bits per heavy atom. The van der Waals surface area contributed by atoms with Crippen molar-refractivity contribution in [3.05, 3.63) is 29.6 Å². The molecule has 4 heteroatoms. The first-order valence-corrected chi connectivity index (χ1v) is 6.55. The Bertz CT molecular complexity index is 404. The van der Waals surface area contributed by atoms with Crippen molar-refractivity contribution in [2.75, 3.05) is 12.4 Å². The highest BCUT2D eigenvalue weighted by Gasteiger charge is 2.28. The van der Waals surface area contributed by atoms with Crippen LogP contribution in [0.2, 0.25) is 0 Å². The van der Waals surface area contributed by atoms with Gasteiger partial charge in [-0.3, -0.25) is 9.78 Å². The molecule has 2 rings (SSSR count). The highest BCUT2D eigenvalue weighted by atomic mass is 35.5. The maximum Gasteiger partial charge on any atom is 0.254 e. The minimum absolute atomic E-state index is 0.0841. The summed E-state index contributed by atoms with van der Waals surface area (Å²) >= 11 is 5.78. The molecule has 0 aliphatic heterocycles. The second-order valence-corrected chi connectivity index (χ2v) is 4.84. The van der Waals surface area contributed by atoms with Crippen molar-refractivity contribution in [2.24, 2.45) is 0 Å². The molecule has 1 amide bonds. The van der Waals surface area contributed by atoms with Crippen LogP contribution in [0, 0.1) is 6.92 Å². The van der Waals surface area contributed by atoms with Crippen LogP contribution in [0.15, 0.2) is 18.3 Å². The van der Waals surface area contributed by atoms with Crippen molar-refractivity contribution in [1.82, 2.24) is 9.88 Å². The molecule has 1 aromatic heterocycles. The van der Waals surface area contributed by atoms with Gasteiger partial charge >= 0.3 is 0 Å². The van der Waals surface area contributed by atoms with E-state index < -0.39 is 0 Å². The van der Waals surface area contributed by atoms with Crippen molar-refractivity contribution >= 4 is 17.5 Å². The first kappa shape index (κ1) is 12.4. The minimum atomic E-state index is 0.0841. The molecular weight excluding hydrogens is 236 g/mol. The normalized spacial score (nSPS) is 15.4. The second kappa shape index (κ2) is 5.50. The van der Waals surface area contributed by atoms with Crippen molar-refractivity contribution in [1.29, 1.82) is 0 Å². The van der Waals surface area contributed by atoms with Gasteiger partial charge < -0.3 is 4.90 Å². The van der Waals surface area contributed by atoms with Gasteiger partial charge in [-0.2, -0.15) is 0 Å². The summed E-state index contributed by atoms with van der Waals surface area (Å²) in [6.07, 6.45) is 5.10. The number of amides is 1. The van der Waals surface area contributed by atoms with Gasteiger partial charge in [0.15, 0.2) is 0 Å². The summed E-state index contributed by atoms with van der Waals surface area (Å²) < 4.78 is 0. The fourth-order valence-corrected chi connectivity index (χ4v) is 2.27. The van der Waals surface area contributed by atoms with Gasteiger partial charge in [0.05, 0.1) is 0 Å². The van der Waals surface area contributed by atoms with E-state index in [1.807, 2.05) is 17.9 Å². The van der Waals surface area contributed by atoms with E-state index in [4.69, 9.17) is 11.6 Å². The molecule has 17 heavy (non-hydrogen) atoms. The maximum atomic E-state index is 12.4. The molecule has 0 bridgehead atoms. The molecule has 92 valence electrons. The average Bonchev–Trinajstić information content (AvgIpc) is 2.25. The molecule has 0 radical (unpaired) electrons. The number of hydrogen-bond acceptors (Lipinski definition) is 2. The van der Waals surface area contributed by atoms with E-state index in [1.165, 1.54) is 6.42 Å². The van der Waals surface area contributed by atoms with Crippen LogP contribution in [0.25, 0.3) is 0 Å². The Morgan fingerprint density at radius 1 is 1.59 bits per heavy atom. The number of hydrogen-bond donors (Lipinski definition) is 0. The Morgan fingerprint density at radius 2 is 2.35 bits per heavy atom. The molecule has 0 aromatic carbocycles. The molecule has 0 saturated heterocycles. The highest BCUT2D eigenvalue weighted by Crippen LogP contribution is 2.26. The monoisotopic (exact) mass is 252 g/mol. The quantitative estimate of drug-likeness (QED) is 0.772. The maximum absolute atomic E-state index is 12.4. The van der Waals surface area contributed by atoms with Gasteiger partial charge in [0.2, 0.25) is 0 Å². The van der Waals surface area contributed by atoms with Gasteiger partial charge in [-0.1, -0.05) is 0 Å². The van der Waals surface area contributed by atoms with E-state index in [-0.39, 0.29) is 5.91 Å². The predicted octanol–water partition coefficient (Wildman–Crippen LogP) is 2.62. The highest BCUT2D eigenvalue weighted by molar-refractivity contribution is 6.18. The second-order valence-electron chi connectivity index (χ2n) is 4.46. The lowest BCUT2D eigenvalue weighted by Crippen LogP contribution is -2.45. The van der Waals surface area contributed by atoms with Gasteiger partial charge in [-0.05, 0) is 38.3 Å². The first-order chi connectivity index (χ1) is 8.22. The van der Waals surface area contributed by atoms with Crippen LogP contribution in [0.3, 0.4) is 0 Å². The zero-order valence-corrected chi connectivity index (χ0v) is 10.8. The van der Waals surface area contributed by atoms with Crippen molar-refractivity contribution in [3.8, 4) is 0 Å². The summed E-state index contributed by atoms with van der Waals surface area (Å²) in [6.45, 7) is 2.53. The molecule has 1 aliphatic rings. The number of carbonyl (C=O) groups is 1. The molecule has 0 unspecified atom stereocenters. The summed E-state index contributed by atoms with van der Waals surface area (Å²) in [7, 11) is 0. The van der Waals surface area contributed by atoms with E-state index in [9.17, 15) is 4.79 Å². The first-order valence-electron chi connectivity index (χ1n) is 6.02. The van der Waals surface area contributed by atoms with Crippen LogP contribution in [-0.4, -0.2) is 34.3 Å². The molecule has 1 aromatic rings. The lowest BCUT2D eigenvalue weighted by atomic mass is 9.91. The summed E-state index contributed by atoms with van der Waals surface area (Å²) in [4.78, 5) is 18.4. The van der Waals surface area contributed by atoms with Gasteiger partial charge in [0, 0.05) is 35.9 Å². The molecule has 1 heterocycles. The number of carbonyl (C=O) groups excluding carboxylic acids is 1. The number of alkyl halides is 1. The molecule has 1 fully saturated rings. The van der Waals surface area contributed by atoms with E-state index in [2.05, 4.69) is 4.98 Å². The van der Waals surface area contributed by atoms with E-state index in [0.717, 1.165) is 24.1 Å². The number of aromatic nitrogens is 1. The topological polar surface area (TPSA) is 33.2 Å². The molecular formula is C13H17ClN2O. The summed E-state index contributed by atoms with van der Waals surface area (Å²) in [5, 5.41) is 0. The average molecular weight is 253 g/mol. The fourth-order valence-electron chi connectivity index (χ4n) is 2.08. The number of halogens is 1. The minimum Gasteiger partial charge on any atom is -0.334 e. The third-order valence-corrected chi connectivity index (χ3v) is 3.41. The summed E-state index contributed by atoms with van der Waals surface area (Å²) in [6, 6.07) is 3.99. The molecule has 0 N–H and O–H groups in total. The lowest BCUT2D eigenvalue weighted by Gasteiger charge is -2.37. The third kappa shape index (κ3) is 2.78. The van der Waals surface area contributed by atoms with Crippen LogP contribution in [0.1, 0.15) is 35.3 Å². The number of pyridine rings is 1. The third-order valence-electron chi connectivity index (χ3n) is 3.25. The molecule has 0 spiro atoms. The number of aryl methyl sites for hydroxylation is 1. The van der Waals surface area contributed by atoms with E-state index in [0.29, 0.717) is 18.5 Å². The molecule has 0 atom stereocenters. The zero-order chi connectivity index (χ0) is 12.3. The van der Waals surface area contributed by atoms with Crippen LogP contribution < -0.4 is 0 Å². The van der Waals surface area contributed by atoms with Crippen molar-refractivity contribution < 1.29 is 4.79 Å². The van der Waals surface area contributed by atoms with Crippen LogP contribution in [-0.2, 0) is 0 Å². The number of rotatable bonds is 4. The van der Waals surface area contributed by atoms with Gasteiger partial charge in [-0.25, -0.2) is 0 Å². The molecule has 1 aliphatic carbocycles. The smallest absolute Gasteiger partial charge is 0.254 e. The SMILES string of the molecule is Cc1cc(C(=O)N(CCCl)C2CCC2)ccn1. The van der Waals surface area contributed by atoms with E-state index >= 15 is 0 Å². The Balaban J connectivity index is 2.15. The summed E-state index contributed by atoms with van der Waals surface area (Å²) in [5.74, 6) is 0.576. The lowest BCUT2D eigenvalue weighted by molar-refractivity contribution is 0.0597. The van der Waals surface area contributed by atoms with Gasteiger partial charge in [0.25, 0.3) is 5.91 Å². The fraction of sp³-hybridized carbons (Fsp3) is 0.538.